The molecule has 1 aliphatic rings. The Labute approximate surface area is 153 Å². The number of hydrogen-bond acceptors (Lipinski definition) is 5. The van der Waals surface area contributed by atoms with Gasteiger partial charge in [0.05, 0.1) is 24.0 Å². The lowest BCUT2D eigenvalue weighted by atomic mass is 10.1. The zero-order valence-corrected chi connectivity index (χ0v) is 14.1. The van der Waals surface area contributed by atoms with Gasteiger partial charge < -0.3 is 14.6 Å². The van der Waals surface area contributed by atoms with Crippen molar-refractivity contribution in [3.8, 4) is 5.75 Å². The van der Waals surface area contributed by atoms with Gasteiger partial charge in [-0.25, -0.2) is 4.79 Å². The second kappa shape index (κ2) is 7.93. The minimum Gasteiger partial charge on any atom is -0.478 e. The third kappa shape index (κ3) is 5.18. The number of rotatable bonds is 5. The smallest absolute Gasteiger partial charge is 0.478 e. The van der Waals surface area contributed by atoms with Gasteiger partial charge in [-0.1, -0.05) is 12.1 Å². The lowest BCUT2D eigenvalue weighted by molar-refractivity contribution is -0.274. The number of pyridine rings is 1. The lowest BCUT2D eigenvalue weighted by Crippen LogP contribution is -2.38. The van der Waals surface area contributed by atoms with E-state index in [9.17, 15) is 23.1 Å². The van der Waals surface area contributed by atoms with Crippen LogP contribution in [0, 0.1) is 0 Å². The first-order valence-corrected chi connectivity index (χ1v) is 8.18. The molecule has 1 atom stereocenters. The van der Waals surface area contributed by atoms with Crippen molar-refractivity contribution in [2.24, 2.45) is 0 Å². The van der Waals surface area contributed by atoms with E-state index in [0.29, 0.717) is 37.5 Å². The summed E-state index contributed by atoms with van der Waals surface area (Å²) in [5.41, 5.74) is 1.11. The summed E-state index contributed by atoms with van der Waals surface area (Å²) in [7, 11) is 0. The van der Waals surface area contributed by atoms with Crippen LogP contribution in [0.2, 0.25) is 0 Å². The molecule has 0 radical (unpaired) electrons. The molecular weight excluding hydrogens is 365 g/mol. The van der Waals surface area contributed by atoms with Crippen LogP contribution in [-0.4, -0.2) is 47.0 Å². The summed E-state index contributed by atoms with van der Waals surface area (Å²) in [6.07, 6.45) is -3.69. The summed E-state index contributed by atoms with van der Waals surface area (Å²) in [6.45, 7) is 1.63. The molecule has 1 unspecified atom stereocenters. The number of carboxylic acids is 1. The number of nitrogens with zero attached hydrogens (tertiary/aromatic N) is 2. The minimum atomic E-state index is -4.76. The molecule has 0 saturated carbocycles. The Bertz CT molecular complexity index is 813. The molecule has 6 nitrogen and oxygen atoms in total. The van der Waals surface area contributed by atoms with E-state index in [0.717, 1.165) is 0 Å². The quantitative estimate of drug-likeness (QED) is 0.856. The molecule has 2 heterocycles. The molecule has 3 rings (SSSR count). The second-order valence-electron chi connectivity index (χ2n) is 6.02. The number of benzene rings is 1. The molecule has 0 spiro atoms. The maximum absolute atomic E-state index is 12.4. The highest BCUT2D eigenvalue weighted by Crippen LogP contribution is 2.29. The normalized spacial score (nSPS) is 18.3. The number of halogens is 3. The van der Waals surface area contributed by atoms with Crippen molar-refractivity contribution in [1.29, 1.82) is 0 Å². The van der Waals surface area contributed by atoms with Gasteiger partial charge in [0.1, 0.15) is 5.75 Å². The highest BCUT2D eigenvalue weighted by atomic mass is 19.4. The number of aromatic carboxylic acids is 1. The van der Waals surface area contributed by atoms with Crippen molar-refractivity contribution in [1.82, 2.24) is 9.88 Å². The van der Waals surface area contributed by atoms with E-state index in [2.05, 4.69) is 9.72 Å². The summed E-state index contributed by atoms with van der Waals surface area (Å²) in [6, 6.07) is 8.71. The van der Waals surface area contributed by atoms with E-state index < -0.39 is 18.4 Å². The SMILES string of the molecule is O=C(O)c1cccnc1CN1CCOC(c2cccc(OC(F)(F)F)c2)C1. The Balaban J connectivity index is 1.72. The average Bonchev–Trinajstić information content (AvgIpc) is 2.61. The fourth-order valence-corrected chi connectivity index (χ4v) is 2.93. The van der Waals surface area contributed by atoms with E-state index in [-0.39, 0.29) is 11.3 Å². The highest BCUT2D eigenvalue weighted by Gasteiger charge is 2.31. The van der Waals surface area contributed by atoms with Gasteiger partial charge in [-0.05, 0) is 29.8 Å². The maximum atomic E-state index is 12.4. The fraction of sp³-hybridized carbons (Fsp3) is 0.333. The molecular formula is C18H17F3N2O4. The fourth-order valence-electron chi connectivity index (χ4n) is 2.93. The molecule has 1 fully saturated rings. The van der Waals surface area contributed by atoms with Crippen LogP contribution in [0.15, 0.2) is 42.6 Å². The molecule has 144 valence electrons. The number of aromatic nitrogens is 1. The third-order valence-corrected chi connectivity index (χ3v) is 4.11. The van der Waals surface area contributed by atoms with Crippen LogP contribution in [0.25, 0.3) is 0 Å². The second-order valence-corrected chi connectivity index (χ2v) is 6.02. The molecule has 1 N–H and O–H groups in total. The Hall–Kier alpha value is -2.65. The summed E-state index contributed by atoms with van der Waals surface area (Å²) < 4.78 is 46.9. The maximum Gasteiger partial charge on any atom is 0.573 e. The van der Waals surface area contributed by atoms with Gasteiger partial charge in [-0.2, -0.15) is 0 Å². The Morgan fingerprint density at radius 2 is 2.15 bits per heavy atom. The van der Waals surface area contributed by atoms with Crippen LogP contribution < -0.4 is 4.74 Å². The zero-order chi connectivity index (χ0) is 19.4. The monoisotopic (exact) mass is 382 g/mol. The van der Waals surface area contributed by atoms with Gasteiger partial charge in [0.25, 0.3) is 0 Å². The standard InChI is InChI=1S/C18H17F3N2O4/c19-18(20,21)27-13-4-1-3-12(9-13)16-11-23(7-8-26-16)10-15-14(17(24)25)5-2-6-22-15/h1-6,9,16H,7-8,10-11H2,(H,24,25). The first kappa shape index (κ1) is 19.1. The number of carboxylic acid groups (broad SMARTS) is 1. The predicted octanol–water partition coefficient (Wildman–Crippen LogP) is 3.25. The Morgan fingerprint density at radius 3 is 2.89 bits per heavy atom. The largest absolute Gasteiger partial charge is 0.573 e. The van der Waals surface area contributed by atoms with Gasteiger partial charge in [0.2, 0.25) is 0 Å². The van der Waals surface area contributed by atoms with Crippen molar-refractivity contribution in [3.05, 3.63) is 59.4 Å². The summed E-state index contributed by atoms with van der Waals surface area (Å²) >= 11 is 0. The topological polar surface area (TPSA) is 71.9 Å². The van der Waals surface area contributed by atoms with Crippen molar-refractivity contribution < 1.29 is 32.5 Å². The van der Waals surface area contributed by atoms with Crippen LogP contribution in [0.5, 0.6) is 5.75 Å². The van der Waals surface area contributed by atoms with Crippen LogP contribution >= 0.6 is 0 Å². The predicted molar refractivity (Wildman–Crippen MR) is 88.3 cm³/mol. The van der Waals surface area contributed by atoms with Crippen molar-refractivity contribution >= 4 is 5.97 Å². The minimum absolute atomic E-state index is 0.126. The Kier molecular flexibility index (Phi) is 5.62. The lowest BCUT2D eigenvalue weighted by Gasteiger charge is -2.33. The van der Waals surface area contributed by atoms with Crippen molar-refractivity contribution in [3.63, 3.8) is 0 Å². The number of ether oxygens (including phenoxy) is 2. The van der Waals surface area contributed by atoms with E-state index in [4.69, 9.17) is 4.74 Å². The summed E-state index contributed by atoms with van der Waals surface area (Å²) in [5, 5.41) is 9.26. The van der Waals surface area contributed by atoms with Crippen LogP contribution in [0.1, 0.15) is 27.7 Å². The Morgan fingerprint density at radius 1 is 1.33 bits per heavy atom. The molecule has 1 aromatic carbocycles. The molecule has 0 amide bonds. The molecule has 27 heavy (non-hydrogen) atoms. The van der Waals surface area contributed by atoms with E-state index in [1.807, 2.05) is 4.90 Å². The zero-order valence-electron chi connectivity index (χ0n) is 14.1. The van der Waals surface area contributed by atoms with Gasteiger partial charge in [0.15, 0.2) is 0 Å². The van der Waals surface area contributed by atoms with Crippen molar-refractivity contribution in [2.45, 2.75) is 19.0 Å². The van der Waals surface area contributed by atoms with E-state index in [1.54, 1.807) is 12.1 Å². The van der Waals surface area contributed by atoms with Gasteiger partial charge >= 0.3 is 12.3 Å². The number of alkyl halides is 3. The molecule has 0 aliphatic carbocycles. The molecule has 0 bridgehead atoms. The van der Waals surface area contributed by atoms with Crippen LogP contribution in [-0.2, 0) is 11.3 Å². The molecule has 9 heteroatoms. The summed E-state index contributed by atoms with van der Waals surface area (Å²) in [5.74, 6) is -1.36. The van der Waals surface area contributed by atoms with E-state index in [1.165, 1.54) is 30.5 Å². The van der Waals surface area contributed by atoms with Gasteiger partial charge in [-0.3, -0.25) is 9.88 Å². The van der Waals surface area contributed by atoms with Gasteiger partial charge in [0, 0.05) is 25.8 Å². The first-order valence-electron chi connectivity index (χ1n) is 8.18. The first-order chi connectivity index (χ1) is 12.8. The van der Waals surface area contributed by atoms with Crippen LogP contribution in [0.4, 0.5) is 13.2 Å². The van der Waals surface area contributed by atoms with Crippen molar-refractivity contribution in [2.75, 3.05) is 19.7 Å². The molecule has 1 aromatic heterocycles. The number of carbonyl (C=O) groups is 1. The number of morpholine rings is 1. The van der Waals surface area contributed by atoms with Crippen LogP contribution in [0.3, 0.4) is 0 Å². The molecule has 2 aromatic rings. The van der Waals surface area contributed by atoms with E-state index >= 15 is 0 Å². The highest BCUT2D eigenvalue weighted by molar-refractivity contribution is 5.88. The third-order valence-electron chi connectivity index (χ3n) is 4.11. The summed E-state index contributed by atoms with van der Waals surface area (Å²) in [4.78, 5) is 17.4. The average molecular weight is 382 g/mol. The molecule has 1 aliphatic heterocycles. The molecule has 1 saturated heterocycles. The number of hydrogen-bond donors (Lipinski definition) is 1. The van der Waals surface area contributed by atoms with Gasteiger partial charge in [-0.15, -0.1) is 13.2 Å².